The van der Waals surface area contributed by atoms with Crippen molar-refractivity contribution in [2.75, 3.05) is 0 Å². The Morgan fingerprint density at radius 1 is 1.50 bits per heavy atom. The zero-order chi connectivity index (χ0) is 7.56. The molecular weight excluding hydrogens is 132 g/mol. The highest BCUT2D eigenvalue weighted by Gasteiger charge is 2.20. The van der Waals surface area contributed by atoms with Crippen LogP contribution in [0.5, 0.6) is 0 Å². The number of hydrogen-bond acceptors (Lipinski definition) is 3. The fourth-order valence-electron chi connectivity index (χ4n) is 1.00. The first kappa shape index (κ1) is 6.92. The Morgan fingerprint density at radius 2 is 2.20 bits per heavy atom. The maximum absolute atomic E-state index is 8.58. The molecular formula is C6H11N2O2+. The standard InChI is InChI=1S/C6H11N2O2/c7-5-3-1-2-4-6(5)8(9)10/h3,9-10H,1-2,4,7H2/q+1. The molecule has 1 rings (SSSR count). The van der Waals surface area contributed by atoms with Crippen molar-refractivity contribution in [2.24, 2.45) is 5.73 Å². The Hall–Kier alpha value is -1.19. The van der Waals surface area contributed by atoms with Crippen LogP contribution in [0.2, 0.25) is 0 Å². The van der Waals surface area contributed by atoms with Crippen LogP contribution in [-0.4, -0.2) is 21.0 Å². The van der Waals surface area contributed by atoms with E-state index in [0.717, 1.165) is 12.8 Å². The highest BCUT2D eigenvalue weighted by molar-refractivity contribution is 5.95. The topological polar surface area (TPSA) is 69.5 Å². The van der Waals surface area contributed by atoms with E-state index in [2.05, 4.69) is 0 Å². The zero-order valence-electron chi connectivity index (χ0n) is 5.62. The smallest absolute Gasteiger partial charge is 0.310 e. The minimum Gasteiger partial charge on any atom is -0.394 e. The third kappa shape index (κ3) is 1.21. The van der Waals surface area contributed by atoms with E-state index < -0.39 is 0 Å². The summed E-state index contributed by atoms with van der Waals surface area (Å²) in [7, 11) is 0. The number of nitrogens with two attached hydrogens (primary N) is 1. The Bertz CT molecular complexity index is 192. The van der Waals surface area contributed by atoms with Gasteiger partial charge in [0.05, 0.1) is 0 Å². The van der Waals surface area contributed by atoms with Crippen LogP contribution >= 0.6 is 0 Å². The molecule has 0 atom stereocenters. The van der Waals surface area contributed by atoms with Crippen LogP contribution in [0.3, 0.4) is 0 Å². The molecule has 1 aliphatic rings. The van der Waals surface area contributed by atoms with Crippen LogP contribution in [0, 0.1) is 0 Å². The van der Waals surface area contributed by atoms with Gasteiger partial charge in [-0.3, -0.25) is 0 Å². The minimum atomic E-state index is 0.102. The summed E-state index contributed by atoms with van der Waals surface area (Å²) in [5.41, 5.74) is 6.31. The average Bonchev–Trinajstić information content (AvgIpc) is 1.88. The number of hydrogen-bond donors (Lipinski definition) is 3. The molecule has 56 valence electrons. The number of nitrogens with zero attached hydrogens (tertiary/aromatic N) is 1. The molecule has 4 heteroatoms. The summed E-state index contributed by atoms with van der Waals surface area (Å²) >= 11 is 0. The molecule has 0 spiro atoms. The maximum Gasteiger partial charge on any atom is 0.310 e. The Morgan fingerprint density at radius 3 is 2.60 bits per heavy atom. The normalized spacial score (nSPS) is 18.4. The molecule has 0 saturated heterocycles. The highest BCUT2D eigenvalue weighted by Crippen LogP contribution is 2.10. The molecule has 0 aliphatic heterocycles. The van der Waals surface area contributed by atoms with Crippen LogP contribution in [0.25, 0.3) is 0 Å². The second-order valence-corrected chi connectivity index (χ2v) is 2.29. The van der Waals surface area contributed by atoms with Crippen molar-refractivity contribution in [3.8, 4) is 0 Å². The molecule has 0 fully saturated rings. The average molecular weight is 143 g/mol. The predicted molar refractivity (Wildman–Crippen MR) is 35.0 cm³/mol. The summed E-state index contributed by atoms with van der Waals surface area (Å²) in [6.45, 7) is 0. The van der Waals surface area contributed by atoms with Gasteiger partial charge in [0.2, 0.25) is 0 Å². The SMILES string of the molecule is NC1=CCCCC1=[N+](O)O. The number of allylic oxidation sites excluding steroid dienone is 2. The van der Waals surface area contributed by atoms with E-state index in [1.165, 1.54) is 0 Å². The van der Waals surface area contributed by atoms with Crippen LogP contribution in [0.15, 0.2) is 11.8 Å². The van der Waals surface area contributed by atoms with Gasteiger partial charge in [-0.1, -0.05) is 6.08 Å². The van der Waals surface area contributed by atoms with Crippen molar-refractivity contribution in [3.63, 3.8) is 0 Å². The van der Waals surface area contributed by atoms with E-state index in [1.807, 2.05) is 0 Å². The molecule has 0 heterocycles. The van der Waals surface area contributed by atoms with Gasteiger partial charge < -0.3 is 5.73 Å². The van der Waals surface area contributed by atoms with Gasteiger partial charge in [0.15, 0.2) is 4.90 Å². The van der Waals surface area contributed by atoms with Gasteiger partial charge in [0.1, 0.15) is 5.70 Å². The predicted octanol–water partition coefficient (Wildman–Crippen LogP) is 0.245. The third-order valence-corrected chi connectivity index (χ3v) is 1.56. The maximum atomic E-state index is 8.58. The van der Waals surface area contributed by atoms with Crippen LogP contribution in [0.1, 0.15) is 19.3 Å². The van der Waals surface area contributed by atoms with E-state index in [1.54, 1.807) is 6.08 Å². The third-order valence-electron chi connectivity index (χ3n) is 1.56. The van der Waals surface area contributed by atoms with Crippen LogP contribution in [0.4, 0.5) is 0 Å². The molecule has 0 aromatic carbocycles. The first-order valence-electron chi connectivity index (χ1n) is 3.21. The molecule has 4 N–H and O–H groups in total. The largest absolute Gasteiger partial charge is 0.394 e. The van der Waals surface area contributed by atoms with E-state index >= 15 is 0 Å². The Kier molecular flexibility index (Phi) is 1.80. The fraction of sp³-hybridized carbons (Fsp3) is 0.500. The Balaban J connectivity index is 2.87. The van der Waals surface area contributed by atoms with Crippen molar-refractivity contribution >= 4 is 5.71 Å². The summed E-state index contributed by atoms with van der Waals surface area (Å²) in [4.78, 5) is 0.102. The summed E-state index contributed by atoms with van der Waals surface area (Å²) in [5.74, 6) is 0. The summed E-state index contributed by atoms with van der Waals surface area (Å²) in [6, 6.07) is 0. The lowest BCUT2D eigenvalue weighted by Gasteiger charge is -2.03. The fourth-order valence-corrected chi connectivity index (χ4v) is 1.00. The molecule has 4 nitrogen and oxygen atoms in total. The van der Waals surface area contributed by atoms with Crippen molar-refractivity contribution in [1.29, 1.82) is 0 Å². The molecule has 0 saturated carbocycles. The van der Waals surface area contributed by atoms with E-state index in [-0.39, 0.29) is 4.90 Å². The molecule has 0 radical (unpaired) electrons. The molecule has 0 unspecified atom stereocenters. The lowest BCUT2D eigenvalue weighted by atomic mass is 10.0. The summed E-state index contributed by atoms with van der Waals surface area (Å²) in [5, 5.41) is 17.2. The second-order valence-electron chi connectivity index (χ2n) is 2.29. The summed E-state index contributed by atoms with van der Waals surface area (Å²) in [6.07, 6.45) is 4.27. The van der Waals surface area contributed by atoms with Crippen LogP contribution < -0.4 is 5.73 Å². The molecule has 1 aliphatic carbocycles. The van der Waals surface area contributed by atoms with Crippen molar-refractivity contribution < 1.29 is 15.3 Å². The van der Waals surface area contributed by atoms with Gasteiger partial charge in [0.25, 0.3) is 0 Å². The van der Waals surface area contributed by atoms with Gasteiger partial charge in [-0.15, -0.1) is 0 Å². The van der Waals surface area contributed by atoms with E-state index in [0.29, 0.717) is 17.8 Å². The van der Waals surface area contributed by atoms with Gasteiger partial charge in [-0.05, 0) is 12.8 Å². The lowest BCUT2D eigenvalue weighted by Crippen LogP contribution is -2.23. The van der Waals surface area contributed by atoms with Gasteiger partial charge in [-0.2, -0.15) is 0 Å². The monoisotopic (exact) mass is 143 g/mol. The quantitative estimate of drug-likeness (QED) is 0.336. The molecule has 0 amide bonds. The highest BCUT2D eigenvalue weighted by atomic mass is 16.8. The molecule has 0 aromatic heterocycles. The molecule has 0 aromatic rings. The van der Waals surface area contributed by atoms with Gasteiger partial charge >= 0.3 is 5.71 Å². The van der Waals surface area contributed by atoms with E-state index in [4.69, 9.17) is 16.1 Å². The molecule has 10 heavy (non-hydrogen) atoms. The van der Waals surface area contributed by atoms with Crippen molar-refractivity contribution in [1.82, 2.24) is 0 Å². The zero-order valence-corrected chi connectivity index (χ0v) is 5.62. The Labute approximate surface area is 58.8 Å². The minimum absolute atomic E-state index is 0.102. The van der Waals surface area contributed by atoms with E-state index in [9.17, 15) is 0 Å². The lowest BCUT2D eigenvalue weighted by molar-refractivity contribution is -0.955. The first-order valence-corrected chi connectivity index (χ1v) is 3.21. The van der Waals surface area contributed by atoms with Crippen LogP contribution in [-0.2, 0) is 0 Å². The van der Waals surface area contributed by atoms with Crippen molar-refractivity contribution in [2.45, 2.75) is 19.3 Å². The van der Waals surface area contributed by atoms with Gasteiger partial charge in [0, 0.05) is 6.42 Å². The summed E-state index contributed by atoms with van der Waals surface area (Å²) < 4.78 is 0. The van der Waals surface area contributed by atoms with Gasteiger partial charge in [-0.25, -0.2) is 10.4 Å². The van der Waals surface area contributed by atoms with Crippen molar-refractivity contribution in [3.05, 3.63) is 11.8 Å². The second kappa shape index (κ2) is 2.60. The molecule has 0 bridgehead atoms. The number of rotatable bonds is 0. The first-order chi connectivity index (χ1) is 4.72.